The molecule has 8 heteroatoms. The van der Waals surface area contributed by atoms with Gasteiger partial charge in [-0.1, -0.05) is 30.2 Å². The molecule has 0 spiro atoms. The number of hydrogen-bond acceptors (Lipinski definition) is 5. The Bertz CT molecular complexity index is 1010. The van der Waals surface area contributed by atoms with Gasteiger partial charge in [0.2, 0.25) is 0 Å². The van der Waals surface area contributed by atoms with Crippen molar-refractivity contribution in [2.24, 2.45) is 4.36 Å². The van der Waals surface area contributed by atoms with Crippen LogP contribution in [0.3, 0.4) is 0 Å². The molecule has 1 aliphatic carbocycles. The predicted molar refractivity (Wildman–Crippen MR) is 102 cm³/mol. The Kier molecular flexibility index (Phi) is 5.35. The smallest absolute Gasteiger partial charge is 0.308 e. The maximum atomic E-state index is 13.1. The Morgan fingerprint density at radius 1 is 1.26 bits per heavy atom. The third-order valence-corrected chi connectivity index (χ3v) is 6.38. The van der Waals surface area contributed by atoms with Crippen molar-refractivity contribution < 1.29 is 18.5 Å². The summed E-state index contributed by atoms with van der Waals surface area (Å²) >= 11 is 6.02. The number of amides is 1. The van der Waals surface area contributed by atoms with Gasteiger partial charge < -0.3 is 4.74 Å². The van der Waals surface area contributed by atoms with Gasteiger partial charge in [-0.3, -0.25) is 9.59 Å². The first-order valence-electron chi connectivity index (χ1n) is 8.41. The van der Waals surface area contributed by atoms with Gasteiger partial charge in [0.1, 0.15) is 10.8 Å². The van der Waals surface area contributed by atoms with Crippen LogP contribution in [0.2, 0.25) is 5.02 Å². The minimum atomic E-state index is -2.99. The van der Waals surface area contributed by atoms with Gasteiger partial charge >= 0.3 is 5.97 Å². The van der Waals surface area contributed by atoms with Crippen LogP contribution in [0.5, 0.6) is 5.75 Å². The highest BCUT2D eigenvalue weighted by atomic mass is 35.5. The van der Waals surface area contributed by atoms with Gasteiger partial charge in [-0.05, 0) is 37.1 Å². The molecule has 1 aliphatic rings. The number of esters is 1. The first-order valence-corrected chi connectivity index (χ1v) is 10.7. The van der Waals surface area contributed by atoms with Crippen molar-refractivity contribution in [1.29, 1.82) is 0 Å². The molecule has 6 nitrogen and oxygen atoms in total. The summed E-state index contributed by atoms with van der Waals surface area (Å²) in [6.45, 7) is 1.28. The van der Waals surface area contributed by atoms with Crippen molar-refractivity contribution in [3.8, 4) is 5.75 Å². The quantitative estimate of drug-likeness (QED) is 0.570. The van der Waals surface area contributed by atoms with Crippen LogP contribution < -0.4 is 4.74 Å². The van der Waals surface area contributed by atoms with E-state index in [0.717, 1.165) is 6.42 Å². The van der Waals surface area contributed by atoms with Gasteiger partial charge in [-0.2, -0.15) is 4.36 Å². The van der Waals surface area contributed by atoms with Crippen LogP contribution >= 0.6 is 11.6 Å². The highest BCUT2D eigenvalue weighted by Crippen LogP contribution is 2.49. The van der Waals surface area contributed by atoms with Gasteiger partial charge in [0.25, 0.3) is 5.91 Å². The van der Waals surface area contributed by atoms with Gasteiger partial charge in [-0.15, -0.1) is 0 Å². The molecule has 3 rings (SSSR count). The van der Waals surface area contributed by atoms with Crippen LogP contribution in [0.15, 0.2) is 52.0 Å². The number of rotatable bonds is 4. The third kappa shape index (κ3) is 3.89. The first-order chi connectivity index (χ1) is 12.7. The molecular weight excluding hydrogens is 388 g/mol. The van der Waals surface area contributed by atoms with Crippen molar-refractivity contribution in [2.45, 2.75) is 36.6 Å². The number of benzene rings is 1. The summed E-state index contributed by atoms with van der Waals surface area (Å²) in [5.41, 5.74) is -0.429. The zero-order valence-electron chi connectivity index (χ0n) is 15.0. The highest BCUT2D eigenvalue weighted by molar-refractivity contribution is 7.93. The maximum Gasteiger partial charge on any atom is 0.308 e. The number of nitrogens with zero attached hydrogens (tertiary/aromatic N) is 2. The summed E-state index contributed by atoms with van der Waals surface area (Å²) in [7, 11) is -2.99. The number of halogens is 1. The molecule has 0 bridgehead atoms. The molecule has 142 valence electrons. The molecule has 1 unspecified atom stereocenters. The lowest BCUT2D eigenvalue weighted by Crippen LogP contribution is -2.42. The second-order valence-electron chi connectivity index (χ2n) is 6.54. The minimum absolute atomic E-state index is 0.235. The first kappa shape index (κ1) is 19.5. The Morgan fingerprint density at radius 2 is 2.00 bits per heavy atom. The maximum absolute atomic E-state index is 13.1. The van der Waals surface area contributed by atoms with E-state index in [-0.39, 0.29) is 10.8 Å². The number of pyridine rings is 1. The van der Waals surface area contributed by atoms with Crippen molar-refractivity contribution in [1.82, 2.24) is 4.98 Å². The Balaban J connectivity index is 2.07. The third-order valence-electron chi connectivity index (χ3n) is 4.61. The lowest BCUT2D eigenvalue weighted by molar-refractivity contribution is -0.132. The van der Waals surface area contributed by atoms with Gasteiger partial charge in [0.15, 0.2) is 0 Å². The van der Waals surface area contributed by atoms with Gasteiger partial charge in [-0.25, -0.2) is 9.19 Å². The summed E-state index contributed by atoms with van der Waals surface area (Å²) < 4.78 is 22.3. The van der Waals surface area contributed by atoms with Crippen molar-refractivity contribution >= 4 is 33.2 Å². The van der Waals surface area contributed by atoms with Crippen LogP contribution in [-0.2, 0) is 24.7 Å². The van der Waals surface area contributed by atoms with Crippen LogP contribution in [0, 0.1) is 0 Å². The molecule has 27 heavy (non-hydrogen) atoms. The van der Waals surface area contributed by atoms with Gasteiger partial charge in [0, 0.05) is 30.0 Å². The largest absolute Gasteiger partial charge is 0.426 e. The molecule has 1 aromatic heterocycles. The predicted octanol–water partition coefficient (Wildman–Crippen LogP) is 3.77. The molecule has 1 aromatic carbocycles. The number of ether oxygens (including phenoxy) is 1. The topological polar surface area (TPSA) is 85.7 Å². The van der Waals surface area contributed by atoms with E-state index in [0.29, 0.717) is 23.4 Å². The Labute approximate surface area is 163 Å². The minimum Gasteiger partial charge on any atom is -0.426 e. The zero-order valence-corrected chi connectivity index (χ0v) is 16.5. The molecule has 0 aliphatic heterocycles. The lowest BCUT2D eigenvalue weighted by Gasteiger charge is -2.39. The Morgan fingerprint density at radius 3 is 2.56 bits per heavy atom. The molecule has 0 N–H and O–H groups in total. The fourth-order valence-electron chi connectivity index (χ4n) is 3.12. The molecule has 0 radical (unpaired) electrons. The number of carbonyl (C=O) groups is 2. The van der Waals surface area contributed by atoms with E-state index in [9.17, 15) is 13.8 Å². The fraction of sp³-hybridized carbons (Fsp3) is 0.316. The summed E-state index contributed by atoms with van der Waals surface area (Å²) in [4.78, 5) is 28.6. The summed E-state index contributed by atoms with van der Waals surface area (Å²) in [5, 5.41) is 0.644. The van der Waals surface area contributed by atoms with Gasteiger partial charge in [0.05, 0.1) is 15.1 Å². The van der Waals surface area contributed by atoms with E-state index in [1.54, 1.807) is 30.3 Å². The van der Waals surface area contributed by atoms with Crippen molar-refractivity contribution in [2.75, 3.05) is 6.26 Å². The van der Waals surface area contributed by atoms with Crippen LogP contribution in [0.25, 0.3) is 0 Å². The van der Waals surface area contributed by atoms with E-state index < -0.39 is 27.0 Å². The lowest BCUT2D eigenvalue weighted by atomic mass is 9.63. The molecular formula is C19H19ClN2O4S. The normalized spacial score (nSPS) is 17.3. The monoisotopic (exact) mass is 406 g/mol. The molecule has 2 aromatic rings. The Hall–Kier alpha value is -2.25. The van der Waals surface area contributed by atoms with E-state index in [4.69, 9.17) is 16.3 Å². The van der Waals surface area contributed by atoms with Crippen molar-refractivity contribution in [3.63, 3.8) is 0 Å². The van der Waals surface area contributed by atoms with E-state index >= 15 is 0 Å². The number of aromatic nitrogens is 1. The van der Waals surface area contributed by atoms with Crippen LogP contribution in [-0.4, -0.2) is 27.3 Å². The molecule has 1 saturated carbocycles. The highest BCUT2D eigenvalue weighted by Gasteiger charge is 2.48. The zero-order chi connectivity index (χ0) is 19.7. The number of hydrogen-bond donors (Lipinski definition) is 0. The SMILES string of the molecule is CC(=O)Oc1cc(Cl)ccc1C1(C(=O)N=S(C)(=O)c2ccccn2)CCC1. The summed E-state index contributed by atoms with van der Waals surface area (Å²) in [6, 6.07) is 9.80. The summed E-state index contributed by atoms with van der Waals surface area (Å²) in [6.07, 6.45) is 4.79. The van der Waals surface area contributed by atoms with E-state index in [2.05, 4.69) is 9.35 Å². The molecule has 1 heterocycles. The van der Waals surface area contributed by atoms with E-state index in [1.165, 1.54) is 25.4 Å². The fourth-order valence-corrected chi connectivity index (χ4v) is 4.46. The molecule has 1 atom stereocenters. The molecule has 0 saturated heterocycles. The second kappa shape index (κ2) is 7.40. The summed E-state index contributed by atoms with van der Waals surface area (Å²) in [5.74, 6) is -0.772. The number of carbonyl (C=O) groups excluding carboxylic acids is 2. The van der Waals surface area contributed by atoms with Crippen molar-refractivity contribution in [3.05, 3.63) is 53.2 Å². The van der Waals surface area contributed by atoms with Crippen LogP contribution in [0.4, 0.5) is 0 Å². The van der Waals surface area contributed by atoms with Crippen LogP contribution in [0.1, 0.15) is 31.7 Å². The molecule has 1 fully saturated rings. The molecule has 1 amide bonds. The average molecular weight is 407 g/mol. The average Bonchev–Trinajstić information content (AvgIpc) is 2.55. The second-order valence-corrected chi connectivity index (χ2v) is 9.18. The standard InChI is InChI=1S/C19H19ClN2O4S/c1-13(23)26-16-12-14(20)7-8-15(16)19(9-5-10-19)18(24)22-27(2,25)17-6-3-4-11-21-17/h3-4,6-8,11-12H,5,9-10H2,1-2H3. The van der Waals surface area contributed by atoms with E-state index in [1.807, 2.05) is 0 Å².